The lowest BCUT2D eigenvalue weighted by molar-refractivity contribution is -0.138. The zero-order valence-electron chi connectivity index (χ0n) is 18.3. The Kier molecular flexibility index (Phi) is 7.72. The molecule has 1 atom stereocenters. The van der Waals surface area contributed by atoms with E-state index < -0.39 is 0 Å². The fraction of sp³-hybridized carbons (Fsp3) is 0.636. The highest BCUT2D eigenvalue weighted by atomic mass is 16.5. The van der Waals surface area contributed by atoms with Crippen LogP contribution < -0.4 is 15.4 Å². The van der Waals surface area contributed by atoms with E-state index >= 15 is 0 Å². The molecule has 2 rings (SSSR count). The van der Waals surface area contributed by atoms with Crippen molar-refractivity contribution in [2.75, 3.05) is 34.3 Å². The van der Waals surface area contributed by atoms with Gasteiger partial charge in [-0.1, -0.05) is 30.5 Å². The highest BCUT2D eigenvalue weighted by molar-refractivity contribution is 5.84. The van der Waals surface area contributed by atoms with Crippen molar-refractivity contribution in [3.8, 4) is 5.75 Å². The molecule has 1 fully saturated rings. The molecule has 1 saturated carbocycles. The Bertz CT molecular complexity index is 694. The number of aliphatic imine (C=N–C) groups is 1. The molecule has 1 unspecified atom stereocenters. The Morgan fingerprint density at radius 2 is 2.00 bits per heavy atom. The van der Waals surface area contributed by atoms with E-state index in [0.29, 0.717) is 6.54 Å². The number of aryl methyl sites for hydroxylation is 1. The molecular weight excluding hydrogens is 352 g/mol. The number of rotatable bonds is 7. The minimum absolute atomic E-state index is 0.0247. The molecule has 1 aliphatic carbocycles. The van der Waals surface area contributed by atoms with Gasteiger partial charge in [-0.2, -0.15) is 0 Å². The summed E-state index contributed by atoms with van der Waals surface area (Å²) in [6.45, 7) is 7.49. The summed E-state index contributed by atoms with van der Waals surface area (Å²) < 4.78 is 5.53. The van der Waals surface area contributed by atoms with Crippen LogP contribution >= 0.6 is 0 Å². The summed E-state index contributed by atoms with van der Waals surface area (Å²) in [5.74, 6) is 1.78. The molecule has 156 valence electrons. The molecule has 1 aromatic rings. The first-order chi connectivity index (χ1) is 13.3. The van der Waals surface area contributed by atoms with Gasteiger partial charge in [-0.05, 0) is 39.7 Å². The fourth-order valence-corrected chi connectivity index (χ4v) is 3.99. The van der Waals surface area contributed by atoms with E-state index in [1.807, 2.05) is 33.2 Å². The smallest absolute Gasteiger partial charge is 0.230 e. The largest absolute Gasteiger partial charge is 0.496 e. The number of benzene rings is 1. The van der Waals surface area contributed by atoms with Gasteiger partial charge in [-0.3, -0.25) is 9.79 Å². The lowest BCUT2D eigenvalue weighted by atomic mass is 9.85. The van der Waals surface area contributed by atoms with Crippen LogP contribution in [0.15, 0.2) is 23.2 Å². The molecule has 1 amide bonds. The van der Waals surface area contributed by atoms with Crippen molar-refractivity contribution in [2.24, 2.45) is 10.4 Å². The summed E-state index contributed by atoms with van der Waals surface area (Å²) in [6, 6.07) is 6.20. The SMILES string of the molecule is CCNC(=NCC1(C(=O)N(C)C)CCCC1)NC(C)c1cc(C)ccc1OC. The molecule has 2 N–H and O–H groups in total. The molecule has 0 radical (unpaired) electrons. The number of nitrogens with zero attached hydrogens (tertiary/aromatic N) is 2. The van der Waals surface area contributed by atoms with Crippen LogP contribution in [0.3, 0.4) is 0 Å². The van der Waals surface area contributed by atoms with Crippen molar-refractivity contribution in [3.05, 3.63) is 29.3 Å². The normalized spacial score (nSPS) is 17.1. The van der Waals surface area contributed by atoms with Gasteiger partial charge in [0.2, 0.25) is 5.91 Å². The zero-order chi connectivity index (χ0) is 20.7. The van der Waals surface area contributed by atoms with Gasteiger partial charge >= 0.3 is 0 Å². The maximum absolute atomic E-state index is 12.8. The van der Waals surface area contributed by atoms with Crippen molar-refractivity contribution in [2.45, 2.75) is 52.5 Å². The Balaban J connectivity index is 2.20. The van der Waals surface area contributed by atoms with E-state index in [1.165, 1.54) is 5.56 Å². The first-order valence-corrected chi connectivity index (χ1v) is 10.2. The fourth-order valence-electron chi connectivity index (χ4n) is 3.99. The van der Waals surface area contributed by atoms with Crippen molar-refractivity contribution >= 4 is 11.9 Å². The van der Waals surface area contributed by atoms with Gasteiger partial charge < -0.3 is 20.3 Å². The average molecular weight is 389 g/mol. The summed E-state index contributed by atoms with van der Waals surface area (Å²) in [7, 11) is 5.36. The number of guanidine groups is 1. The molecule has 0 heterocycles. The van der Waals surface area contributed by atoms with E-state index in [1.54, 1.807) is 12.0 Å². The monoisotopic (exact) mass is 388 g/mol. The molecule has 6 heteroatoms. The third-order valence-corrected chi connectivity index (χ3v) is 5.51. The molecule has 0 spiro atoms. The summed E-state index contributed by atoms with van der Waals surface area (Å²) in [6.07, 6.45) is 4.01. The van der Waals surface area contributed by atoms with Crippen LogP contribution in [0.1, 0.15) is 56.7 Å². The number of hydrogen-bond donors (Lipinski definition) is 2. The Morgan fingerprint density at radius 3 is 2.57 bits per heavy atom. The molecule has 1 aliphatic rings. The second-order valence-electron chi connectivity index (χ2n) is 7.99. The zero-order valence-corrected chi connectivity index (χ0v) is 18.3. The molecule has 0 saturated heterocycles. The predicted octanol–water partition coefficient (Wildman–Crippen LogP) is 3.27. The third kappa shape index (κ3) is 5.18. The number of methoxy groups -OCH3 is 1. The van der Waals surface area contributed by atoms with Gasteiger partial charge in [0.25, 0.3) is 0 Å². The second kappa shape index (κ2) is 9.80. The van der Waals surface area contributed by atoms with Crippen LogP contribution in [-0.4, -0.2) is 51.1 Å². The second-order valence-corrected chi connectivity index (χ2v) is 7.99. The molecule has 1 aromatic carbocycles. The molecule has 0 bridgehead atoms. The molecule has 6 nitrogen and oxygen atoms in total. The standard InChI is InChI=1S/C22H36N4O2/c1-7-23-21(24-15-22(12-8-9-13-22)20(27)26(4)5)25-17(3)18-14-16(2)10-11-19(18)28-6/h10-11,14,17H,7-9,12-13,15H2,1-6H3,(H2,23,24,25). The van der Waals surface area contributed by atoms with E-state index in [9.17, 15) is 4.79 Å². The maximum Gasteiger partial charge on any atom is 0.230 e. The average Bonchev–Trinajstić information content (AvgIpc) is 3.15. The Hall–Kier alpha value is -2.24. The molecular formula is C22H36N4O2. The highest BCUT2D eigenvalue weighted by Crippen LogP contribution is 2.39. The summed E-state index contributed by atoms with van der Waals surface area (Å²) >= 11 is 0. The van der Waals surface area contributed by atoms with Gasteiger partial charge in [0.05, 0.1) is 25.1 Å². The minimum atomic E-state index is -0.365. The van der Waals surface area contributed by atoms with Gasteiger partial charge in [0, 0.05) is 26.2 Å². The van der Waals surface area contributed by atoms with Gasteiger partial charge in [-0.15, -0.1) is 0 Å². The summed E-state index contributed by atoms with van der Waals surface area (Å²) in [4.78, 5) is 19.3. The predicted molar refractivity (Wildman–Crippen MR) is 115 cm³/mol. The van der Waals surface area contributed by atoms with Crippen LogP contribution in [0.5, 0.6) is 5.75 Å². The van der Waals surface area contributed by atoms with E-state index in [4.69, 9.17) is 9.73 Å². The molecule has 28 heavy (non-hydrogen) atoms. The third-order valence-electron chi connectivity index (χ3n) is 5.51. The first kappa shape index (κ1) is 22.1. The Morgan fingerprint density at radius 1 is 1.32 bits per heavy atom. The van der Waals surface area contributed by atoms with Crippen molar-refractivity contribution in [1.29, 1.82) is 0 Å². The van der Waals surface area contributed by atoms with Crippen molar-refractivity contribution in [3.63, 3.8) is 0 Å². The van der Waals surface area contributed by atoms with Crippen molar-refractivity contribution < 1.29 is 9.53 Å². The lowest BCUT2D eigenvalue weighted by Gasteiger charge is -2.29. The molecule has 0 aliphatic heterocycles. The number of nitrogens with one attached hydrogen (secondary N) is 2. The molecule has 0 aromatic heterocycles. The van der Waals surface area contributed by atoms with Gasteiger partial charge in [0.15, 0.2) is 5.96 Å². The Labute approximate surface area is 169 Å². The maximum atomic E-state index is 12.8. The number of hydrogen-bond acceptors (Lipinski definition) is 3. The van der Waals surface area contributed by atoms with E-state index in [0.717, 1.165) is 49.5 Å². The van der Waals surface area contributed by atoms with Crippen LogP contribution in [-0.2, 0) is 4.79 Å². The topological polar surface area (TPSA) is 66.0 Å². The van der Waals surface area contributed by atoms with E-state index in [2.05, 4.69) is 30.5 Å². The summed E-state index contributed by atoms with van der Waals surface area (Å²) in [5, 5.41) is 6.80. The summed E-state index contributed by atoms with van der Waals surface area (Å²) in [5.41, 5.74) is 1.91. The number of carbonyl (C=O) groups is 1. The van der Waals surface area contributed by atoms with Crippen LogP contribution in [0.25, 0.3) is 0 Å². The van der Waals surface area contributed by atoms with Crippen molar-refractivity contribution in [1.82, 2.24) is 15.5 Å². The number of amides is 1. The number of carbonyl (C=O) groups excluding carboxylic acids is 1. The first-order valence-electron chi connectivity index (χ1n) is 10.2. The van der Waals surface area contributed by atoms with E-state index in [-0.39, 0.29) is 17.4 Å². The quantitative estimate of drug-likeness (QED) is 0.556. The van der Waals surface area contributed by atoms with Crippen LogP contribution in [0.4, 0.5) is 0 Å². The minimum Gasteiger partial charge on any atom is -0.496 e. The van der Waals surface area contributed by atoms with Crippen LogP contribution in [0.2, 0.25) is 0 Å². The van der Waals surface area contributed by atoms with Gasteiger partial charge in [-0.25, -0.2) is 0 Å². The van der Waals surface area contributed by atoms with Crippen LogP contribution in [0, 0.1) is 12.3 Å². The lowest BCUT2D eigenvalue weighted by Crippen LogP contribution is -2.43. The number of ether oxygens (including phenoxy) is 1. The van der Waals surface area contributed by atoms with Gasteiger partial charge in [0.1, 0.15) is 5.75 Å². The highest BCUT2D eigenvalue weighted by Gasteiger charge is 2.42.